The first-order valence-electron chi connectivity index (χ1n) is 8.86. The number of hydrogen-bond acceptors (Lipinski definition) is 5. The van der Waals surface area contributed by atoms with Crippen molar-refractivity contribution in [2.75, 3.05) is 5.75 Å². The maximum absolute atomic E-state index is 12.2. The highest BCUT2D eigenvalue weighted by atomic mass is 32.2. The van der Waals surface area contributed by atoms with E-state index >= 15 is 0 Å². The second-order valence-corrected chi connectivity index (χ2v) is 9.13. The first-order chi connectivity index (χ1) is 13.7. The van der Waals surface area contributed by atoms with Crippen LogP contribution in [0.4, 0.5) is 0 Å². The molecule has 0 aliphatic heterocycles. The molecule has 0 fully saturated rings. The van der Waals surface area contributed by atoms with Crippen LogP contribution in [-0.2, 0) is 21.4 Å². The van der Waals surface area contributed by atoms with Crippen molar-refractivity contribution in [3.05, 3.63) is 71.5 Å². The molecule has 0 unspecified atom stereocenters. The van der Waals surface area contributed by atoms with Crippen LogP contribution in [0.25, 0.3) is 5.69 Å². The SMILES string of the molecule is Cc1ccc(-n2ccnc2SCC(=O)NCc2ccc(S(N)(=O)=O)cc2)c(C)c1. The summed E-state index contributed by atoms with van der Waals surface area (Å²) in [4.78, 5) is 16.6. The lowest BCUT2D eigenvalue weighted by Gasteiger charge is -2.11. The van der Waals surface area contributed by atoms with Crippen LogP contribution in [-0.4, -0.2) is 29.6 Å². The van der Waals surface area contributed by atoms with Gasteiger partial charge in [0.05, 0.1) is 16.3 Å². The van der Waals surface area contributed by atoms with Crippen LogP contribution in [0.15, 0.2) is 64.9 Å². The maximum atomic E-state index is 12.2. The minimum absolute atomic E-state index is 0.0429. The van der Waals surface area contributed by atoms with E-state index in [1.807, 2.05) is 36.7 Å². The summed E-state index contributed by atoms with van der Waals surface area (Å²) in [5.74, 6) is 0.0812. The van der Waals surface area contributed by atoms with Crippen LogP contribution < -0.4 is 10.5 Å². The van der Waals surface area contributed by atoms with Gasteiger partial charge in [0, 0.05) is 18.9 Å². The van der Waals surface area contributed by atoms with E-state index < -0.39 is 10.0 Å². The van der Waals surface area contributed by atoms with Crippen LogP contribution in [0.5, 0.6) is 0 Å². The average molecular weight is 431 g/mol. The molecule has 9 heteroatoms. The monoisotopic (exact) mass is 430 g/mol. The maximum Gasteiger partial charge on any atom is 0.238 e. The van der Waals surface area contributed by atoms with Gasteiger partial charge in [-0.25, -0.2) is 18.5 Å². The Kier molecular flexibility index (Phi) is 6.41. The number of carbonyl (C=O) groups is 1. The van der Waals surface area contributed by atoms with E-state index in [9.17, 15) is 13.2 Å². The Bertz CT molecular complexity index is 1120. The van der Waals surface area contributed by atoms with Gasteiger partial charge in [-0.1, -0.05) is 41.6 Å². The number of sulfonamides is 1. The van der Waals surface area contributed by atoms with Crippen molar-refractivity contribution in [1.82, 2.24) is 14.9 Å². The Hall–Kier alpha value is -2.62. The van der Waals surface area contributed by atoms with Crippen molar-refractivity contribution in [3.63, 3.8) is 0 Å². The topological polar surface area (TPSA) is 107 Å². The van der Waals surface area contributed by atoms with Crippen molar-refractivity contribution >= 4 is 27.7 Å². The molecule has 3 aromatic rings. The van der Waals surface area contributed by atoms with Crippen LogP contribution in [0, 0.1) is 13.8 Å². The molecule has 0 bridgehead atoms. The summed E-state index contributed by atoms with van der Waals surface area (Å²) in [6.45, 7) is 4.40. The van der Waals surface area contributed by atoms with Crippen LogP contribution in [0.3, 0.4) is 0 Å². The Labute approximate surface area is 174 Å². The molecular weight excluding hydrogens is 408 g/mol. The fourth-order valence-corrected chi connectivity index (χ4v) is 4.15. The zero-order chi connectivity index (χ0) is 21.0. The Morgan fingerprint density at radius 2 is 1.90 bits per heavy atom. The van der Waals surface area contributed by atoms with E-state index in [2.05, 4.69) is 16.4 Å². The number of nitrogens with zero attached hydrogens (tertiary/aromatic N) is 2. The molecule has 0 aliphatic rings. The summed E-state index contributed by atoms with van der Waals surface area (Å²) in [5, 5.41) is 8.64. The summed E-state index contributed by atoms with van der Waals surface area (Å²) < 4.78 is 24.5. The van der Waals surface area contributed by atoms with Crippen molar-refractivity contribution < 1.29 is 13.2 Å². The molecule has 2 aromatic carbocycles. The molecule has 3 rings (SSSR count). The third-order valence-electron chi connectivity index (χ3n) is 4.29. The summed E-state index contributed by atoms with van der Waals surface area (Å²) in [6.07, 6.45) is 3.59. The van der Waals surface area contributed by atoms with Crippen molar-refractivity contribution in [3.8, 4) is 5.69 Å². The number of thioether (sulfide) groups is 1. The van der Waals surface area contributed by atoms with Gasteiger partial charge in [-0.15, -0.1) is 0 Å². The van der Waals surface area contributed by atoms with E-state index in [-0.39, 0.29) is 16.6 Å². The van der Waals surface area contributed by atoms with Crippen LogP contribution in [0.2, 0.25) is 0 Å². The minimum Gasteiger partial charge on any atom is -0.351 e. The quantitative estimate of drug-likeness (QED) is 0.560. The highest BCUT2D eigenvalue weighted by Gasteiger charge is 2.11. The molecule has 1 aromatic heterocycles. The van der Waals surface area contributed by atoms with Crippen LogP contribution >= 0.6 is 11.8 Å². The van der Waals surface area contributed by atoms with Gasteiger partial charge in [0.2, 0.25) is 15.9 Å². The number of aryl methyl sites for hydroxylation is 2. The molecule has 0 saturated carbocycles. The van der Waals surface area contributed by atoms with Gasteiger partial charge in [-0.05, 0) is 43.2 Å². The first-order valence-corrected chi connectivity index (χ1v) is 11.4. The molecule has 0 saturated heterocycles. The molecule has 152 valence electrons. The molecule has 1 heterocycles. The number of amides is 1. The summed E-state index contributed by atoms with van der Waals surface area (Å²) in [5.41, 5.74) is 4.15. The lowest BCUT2D eigenvalue weighted by Crippen LogP contribution is -2.24. The zero-order valence-electron chi connectivity index (χ0n) is 16.1. The third kappa shape index (κ3) is 5.47. The van der Waals surface area contributed by atoms with Gasteiger partial charge in [-0.2, -0.15) is 0 Å². The van der Waals surface area contributed by atoms with Crippen molar-refractivity contribution in [2.24, 2.45) is 5.14 Å². The number of hydrogen-bond donors (Lipinski definition) is 2. The number of aromatic nitrogens is 2. The molecule has 0 spiro atoms. The predicted octanol–water partition coefficient (Wildman–Crippen LogP) is 2.55. The molecule has 29 heavy (non-hydrogen) atoms. The second-order valence-electron chi connectivity index (χ2n) is 6.62. The molecule has 0 radical (unpaired) electrons. The largest absolute Gasteiger partial charge is 0.351 e. The number of nitrogens with two attached hydrogens (primary N) is 1. The van der Waals surface area contributed by atoms with Gasteiger partial charge in [-0.3, -0.25) is 9.36 Å². The predicted molar refractivity (Wildman–Crippen MR) is 113 cm³/mol. The van der Waals surface area contributed by atoms with E-state index in [4.69, 9.17) is 5.14 Å². The molecule has 7 nitrogen and oxygen atoms in total. The summed E-state index contributed by atoms with van der Waals surface area (Å²) >= 11 is 1.35. The number of primary sulfonamides is 1. The van der Waals surface area contributed by atoms with Gasteiger partial charge in [0.15, 0.2) is 5.16 Å². The van der Waals surface area contributed by atoms with Gasteiger partial charge < -0.3 is 5.32 Å². The van der Waals surface area contributed by atoms with E-state index in [0.29, 0.717) is 6.54 Å². The van der Waals surface area contributed by atoms with Gasteiger partial charge in [0.1, 0.15) is 0 Å². The highest BCUT2D eigenvalue weighted by Crippen LogP contribution is 2.23. The Morgan fingerprint density at radius 3 is 2.55 bits per heavy atom. The Morgan fingerprint density at radius 1 is 1.17 bits per heavy atom. The van der Waals surface area contributed by atoms with E-state index in [1.54, 1.807) is 18.3 Å². The van der Waals surface area contributed by atoms with Crippen molar-refractivity contribution in [1.29, 1.82) is 0 Å². The fourth-order valence-electron chi connectivity index (χ4n) is 2.83. The molecular formula is C20H22N4O3S2. The first kappa shape index (κ1) is 21.1. The lowest BCUT2D eigenvalue weighted by molar-refractivity contribution is -0.118. The van der Waals surface area contributed by atoms with Gasteiger partial charge >= 0.3 is 0 Å². The second kappa shape index (κ2) is 8.81. The average Bonchev–Trinajstić information content (AvgIpc) is 3.12. The number of nitrogens with one attached hydrogen (secondary N) is 1. The van der Waals surface area contributed by atoms with E-state index in [1.165, 1.54) is 29.5 Å². The normalized spacial score (nSPS) is 11.4. The fraction of sp³-hybridized carbons (Fsp3) is 0.200. The number of carbonyl (C=O) groups excluding carboxylic acids is 1. The van der Waals surface area contributed by atoms with Crippen LogP contribution in [0.1, 0.15) is 16.7 Å². The summed E-state index contributed by atoms with van der Waals surface area (Å²) in [7, 11) is -3.72. The standard InChI is InChI=1S/C20H22N4O3S2/c1-14-3-8-18(15(2)11-14)24-10-9-22-20(24)28-13-19(25)23-12-16-4-6-17(7-5-16)29(21,26)27/h3-11H,12-13H2,1-2H3,(H,23,25)(H2,21,26,27). The number of benzene rings is 2. The smallest absolute Gasteiger partial charge is 0.238 e. The van der Waals surface area contributed by atoms with Gasteiger partial charge in [0.25, 0.3) is 0 Å². The Balaban J connectivity index is 1.57. The number of imidazole rings is 1. The number of rotatable bonds is 7. The van der Waals surface area contributed by atoms with Crippen molar-refractivity contribution in [2.45, 2.75) is 30.4 Å². The molecule has 1 amide bonds. The lowest BCUT2D eigenvalue weighted by atomic mass is 10.1. The third-order valence-corrected chi connectivity index (χ3v) is 6.19. The minimum atomic E-state index is -3.72. The molecule has 0 aliphatic carbocycles. The molecule has 3 N–H and O–H groups in total. The highest BCUT2D eigenvalue weighted by molar-refractivity contribution is 7.99. The van der Waals surface area contributed by atoms with E-state index in [0.717, 1.165) is 22.0 Å². The summed E-state index contributed by atoms with van der Waals surface area (Å²) in [6, 6.07) is 12.3. The zero-order valence-corrected chi connectivity index (χ0v) is 17.8. The molecule has 0 atom stereocenters.